The maximum atomic E-state index is 4.89. The number of rotatable bonds is 4. The molecule has 0 aliphatic carbocycles. The lowest BCUT2D eigenvalue weighted by atomic mass is 10.2. The fraction of sp³-hybridized carbons (Fsp3) is 0.273. The number of anilines is 2. The van der Waals surface area contributed by atoms with Crippen molar-refractivity contribution in [1.82, 2.24) is 35.2 Å². The molecule has 0 spiro atoms. The van der Waals surface area contributed by atoms with E-state index in [1.54, 1.807) is 17.1 Å². The smallest absolute Gasteiger partial charge is 0.250 e. The van der Waals surface area contributed by atoms with Crippen LogP contribution in [-0.2, 0) is 0 Å². The van der Waals surface area contributed by atoms with Crippen LogP contribution in [0.1, 0.15) is 11.3 Å². The van der Waals surface area contributed by atoms with Gasteiger partial charge >= 0.3 is 0 Å². The Morgan fingerprint density at radius 1 is 0.839 bits per heavy atom. The summed E-state index contributed by atoms with van der Waals surface area (Å²) in [6.07, 6.45) is 3.56. The number of piperazine rings is 1. The minimum atomic E-state index is 0.710. The molecule has 4 heterocycles. The molecule has 9 nitrogen and oxygen atoms in total. The summed E-state index contributed by atoms with van der Waals surface area (Å²) in [7, 11) is 0. The fourth-order valence-corrected chi connectivity index (χ4v) is 3.78. The van der Waals surface area contributed by atoms with Crippen LogP contribution in [0.3, 0.4) is 0 Å². The quantitative estimate of drug-likeness (QED) is 0.504. The minimum Gasteiger partial charge on any atom is -0.353 e. The van der Waals surface area contributed by atoms with Crippen LogP contribution >= 0.6 is 0 Å². The molecule has 0 atom stereocenters. The van der Waals surface area contributed by atoms with Gasteiger partial charge in [0.15, 0.2) is 5.82 Å². The molecule has 0 saturated carbocycles. The number of aryl methyl sites for hydroxylation is 1. The van der Waals surface area contributed by atoms with Crippen molar-refractivity contribution in [2.24, 2.45) is 0 Å². The monoisotopic (exact) mass is 413 g/mol. The second-order valence-corrected chi connectivity index (χ2v) is 7.52. The number of para-hydroxylation sites is 1. The van der Waals surface area contributed by atoms with E-state index in [0.717, 1.165) is 60.5 Å². The van der Waals surface area contributed by atoms with Gasteiger partial charge < -0.3 is 9.80 Å². The van der Waals surface area contributed by atoms with Crippen LogP contribution < -0.4 is 9.80 Å². The van der Waals surface area contributed by atoms with Gasteiger partial charge in [0.2, 0.25) is 5.95 Å². The van der Waals surface area contributed by atoms with Gasteiger partial charge in [-0.05, 0) is 48.5 Å². The number of hydrogen-bond acceptors (Lipinski definition) is 8. The van der Waals surface area contributed by atoms with Crippen molar-refractivity contribution in [3.63, 3.8) is 0 Å². The molecule has 4 aromatic rings. The number of hydrogen-bond donors (Lipinski definition) is 0. The zero-order chi connectivity index (χ0) is 21.2. The van der Waals surface area contributed by atoms with Crippen molar-refractivity contribution < 1.29 is 0 Å². The Balaban J connectivity index is 1.37. The Labute approximate surface area is 180 Å². The lowest BCUT2D eigenvalue weighted by Gasteiger charge is -2.36. The van der Waals surface area contributed by atoms with Crippen molar-refractivity contribution in [3.05, 3.63) is 66.1 Å². The van der Waals surface area contributed by atoms with E-state index in [4.69, 9.17) is 4.98 Å². The highest BCUT2D eigenvalue weighted by molar-refractivity contribution is 5.60. The molecule has 0 radical (unpaired) electrons. The normalized spacial score (nSPS) is 14.1. The Kier molecular flexibility index (Phi) is 4.99. The van der Waals surface area contributed by atoms with E-state index in [1.165, 1.54) is 0 Å². The van der Waals surface area contributed by atoms with E-state index in [0.29, 0.717) is 5.82 Å². The fourth-order valence-electron chi connectivity index (χ4n) is 3.78. The van der Waals surface area contributed by atoms with E-state index in [1.807, 2.05) is 49.4 Å². The molecule has 0 unspecified atom stereocenters. The van der Waals surface area contributed by atoms with Gasteiger partial charge in [0.05, 0.1) is 5.69 Å². The Hall–Kier alpha value is -3.88. The zero-order valence-corrected chi connectivity index (χ0v) is 17.5. The summed E-state index contributed by atoms with van der Waals surface area (Å²) in [5.74, 6) is 2.45. The Morgan fingerprint density at radius 2 is 1.61 bits per heavy atom. The van der Waals surface area contributed by atoms with Gasteiger partial charge in [0.25, 0.3) is 0 Å². The zero-order valence-electron chi connectivity index (χ0n) is 17.5. The van der Waals surface area contributed by atoms with Gasteiger partial charge in [0, 0.05) is 55.4 Å². The average molecular weight is 413 g/mol. The minimum absolute atomic E-state index is 0.710. The first kappa shape index (κ1) is 19.1. The molecule has 5 rings (SSSR count). The number of tetrazole rings is 1. The lowest BCUT2D eigenvalue weighted by Crippen LogP contribution is -2.48. The maximum absolute atomic E-state index is 4.89. The average Bonchev–Trinajstić information content (AvgIpc) is 3.32. The van der Waals surface area contributed by atoms with Crippen LogP contribution in [0.25, 0.3) is 17.1 Å². The molecule has 1 saturated heterocycles. The van der Waals surface area contributed by atoms with Gasteiger partial charge in [0.1, 0.15) is 5.82 Å². The first-order valence-corrected chi connectivity index (χ1v) is 10.3. The molecule has 0 N–H and O–H groups in total. The number of nitrogens with zero attached hydrogens (tertiary/aromatic N) is 9. The summed E-state index contributed by atoms with van der Waals surface area (Å²) in [6, 6.07) is 13.9. The van der Waals surface area contributed by atoms with Crippen LogP contribution in [0.5, 0.6) is 0 Å². The summed E-state index contributed by atoms with van der Waals surface area (Å²) in [6.45, 7) is 7.37. The summed E-state index contributed by atoms with van der Waals surface area (Å²) in [4.78, 5) is 18.3. The second kappa shape index (κ2) is 8.10. The number of benzene rings is 1. The van der Waals surface area contributed by atoms with Gasteiger partial charge in [-0.3, -0.25) is 4.98 Å². The first-order chi connectivity index (χ1) is 15.2. The van der Waals surface area contributed by atoms with E-state index < -0.39 is 0 Å². The molecular weight excluding hydrogens is 390 g/mol. The van der Waals surface area contributed by atoms with Crippen LogP contribution in [-0.4, -0.2) is 61.3 Å². The van der Waals surface area contributed by atoms with E-state index in [-0.39, 0.29) is 0 Å². The molecule has 0 amide bonds. The third kappa shape index (κ3) is 3.70. The predicted molar refractivity (Wildman–Crippen MR) is 118 cm³/mol. The van der Waals surface area contributed by atoms with Gasteiger partial charge in [-0.15, -0.1) is 0 Å². The van der Waals surface area contributed by atoms with Crippen LogP contribution in [0.15, 0.2) is 54.9 Å². The summed E-state index contributed by atoms with van der Waals surface area (Å²) in [5.41, 5.74) is 3.97. The predicted octanol–water partition coefficient (Wildman–Crippen LogP) is 2.46. The lowest BCUT2D eigenvalue weighted by molar-refractivity contribution is 0.624. The largest absolute Gasteiger partial charge is 0.353 e. The molecule has 31 heavy (non-hydrogen) atoms. The number of aromatic nitrogens is 7. The molecule has 156 valence electrons. The molecular formula is C22H23N9. The van der Waals surface area contributed by atoms with E-state index >= 15 is 0 Å². The third-order valence-corrected chi connectivity index (χ3v) is 5.60. The van der Waals surface area contributed by atoms with Crippen molar-refractivity contribution >= 4 is 11.8 Å². The third-order valence-electron chi connectivity index (χ3n) is 5.60. The molecule has 1 fully saturated rings. The highest BCUT2D eigenvalue weighted by atomic mass is 15.6. The van der Waals surface area contributed by atoms with Crippen molar-refractivity contribution in [1.29, 1.82) is 0 Å². The van der Waals surface area contributed by atoms with Gasteiger partial charge in [-0.25, -0.2) is 9.97 Å². The van der Waals surface area contributed by atoms with Crippen molar-refractivity contribution in [2.75, 3.05) is 36.0 Å². The molecule has 9 heteroatoms. The van der Waals surface area contributed by atoms with Crippen molar-refractivity contribution in [2.45, 2.75) is 13.8 Å². The summed E-state index contributed by atoms with van der Waals surface area (Å²) >= 11 is 0. The second-order valence-electron chi connectivity index (χ2n) is 7.52. The molecule has 0 bridgehead atoms. The van der Waals surface area contributed by atoms with Gasteiger partial charge in [-0.1, -0.05) is 23.3 Å². The molecule has 1 aliphatic rings. The van der Waals surface area contributed by atoms with Gasteiger partial charge in [-0.2, -0.15) is 4.68 Å². The Morgan fingerprint density at radius 3 is 2.35 bits per heavy atom. The van der Waals surface area contributed by atoms with Crippen molar-refractivity contribution in [3.8, 4) is 17.1 Å². The van der Waals surface area contributed by atoms with Crippen LogP contribution in [0, 0.1) is 13.8 Å². The molecule has 1 aromatic carbocycles. The standard InChI is InChI=1S/C22H23N9/c1-16-17(2)24-20(18-7-6-10-23-15-18)25-21(16)29-11-13-30(14-12-29)22-26-27-28-31(22)19-8-4-3-5-9-19/h3-10,15H,11-14H2,1-2H3. The van der Waals surface area contributed by atoms with E-state index in [9.17, 15) is 0 Å². The van der Waals surface area contributed by atoms with E-state index in [2.05, 4.69) is 42.2 Å². The highest BCUT2D eigenvalue weighted by Crippen LogP contribution is 2.26. The summed E-state index contributed by atoms with van der Waals surface area (Å²) in [5, 5.41) is 12.4. The number of pyridine rings is 1. The molecule has 3 aromatic heterocycles. The maximum Gasteiger partial charge on any atom is 0.250 e. The topological polar surface area (TPSA) is 88.8 Å². The molecule has 1 aliphatic heterocycles. The first-order valence-electron chi connectivity index (χ1n) is 10.3. The highest BCUT2D eigenvalue weighted by Gasteiger charge is 2.25. The Bertz CT molecular complexity index is 1170. The SMILES string of the molecule is Cc1nc(-c2cccnc2)nc(N2CCN(c3nnnn3-c3ccccc3)CC2)c1C. The van der Waals surface area contributed by atoms with Crippen LogP contribution in [0.2, 0.25) is 0 Å². The summed E-state index contributed by atoms with van der Waals surface area (Å²) < 4.78 is 1.79. The van der Waals surface area contributed by atoms with Crippen LogP contribution in [0.4, 0.5) is 11.8 Å².